The van der Waals surface area contributed by atoms with Crippen molar-refractivity contribution in [1.82, 2.24) is 19.7 Å². The molecule has 0 unspecified atom stereocenters. The third-order valence-corrected chi connectivity index (χ3v) is 5.33. The van der Waals surface area contributed by atoms with Gasteiger partial charge in [0.15, 0.2) is 0 Å². The normalized spacial score (nSPS) is 18.4. The number of carbonyl (C=O) groups is 1. The molecule has 1 aliphatic rings. The molecule has 0 radical (unpaired) electrons. The molecule has 0 aromatic carbocycles. The number of carbonyl (C=O) groups excluding carboxylic acids is 1. The van der Waals surface area contributed by atoms with Crippen molar-refractivity contribution in [2.45, 2.75) is 45.8 Å². The van der Waals surface area contributed by atoms with E-state index in [2.05, 4.69) is 33.5 Å². The maximum Gasteiger partial charge on any atom is 0.348 e. The highest BCUT2D eigenvalue weighted by atomic mass is 32.1. The van der Waals surface area contributed by atoms with Crippen LogP contribution in [0.2, 0.25) is 0 Å². The van der Waals surface area contributed by atoms with E-state index in [0.717, 1.165) is 38.3 Å². The third-order valence-electron chi connectivity index (χ3n) is 4.28. The number of esters is 1. The van der Waals surface area contributed by atoms with Crippen LogP contribution in [0.25, 0.3) is 0 Å². The molecule has 1 atom stereocenters. The molecule has 3 rings (SSSR count). The number of hydrogen-bond acceptors (Lipinski definition) is 6. The number of aromatic nitrogens is 3. The summed E-state index contributed by atoms with van der Waals surface area (Å²) >= 11 is 1.51. The molecule has 2 aromatic heterocycles. The lowest BCUT2D eigenvalue weighted by Crippen LogP contribution is -2.25. The quantitative estimate of drug-likeness (QED) is 0.751. The zero-order valence-electron chi connectivity index (χ0n) is 14.4. The van der Waals surface area contributed by atoms with Gasteiger partial charge >= 0.3 is 5.97 Å². The molecule has 6 nitrogen and oxygen atoms in total. The van der Waals surface area contributed by atoms with Crippen LogP contribution in [0.1, 0.15) is 53.1 Å². The Balaban J connectivity index is 1.73. The Morgan fingerprint density at radius 3 is 3.04 bits per heavy atom. The van der Waals surface area contributed by atoms with Gasteiger partial charge < -0.3 is 9.30 Å². The predicted molar refractivity (Wildman–Crippen MR) is 92.9 cm³/mol. The predicted octanol–water partition coefficient (Wildman–Crippen LogP) is 3.12. The van der Waals surface area contributed by atoms with Crippen molar-refractivity contribution < 1.29 is 9.53 Å². The Hall–Kier alpha value is -1.73. The van der Waals surface area contributed by atoms with E-state index in [-0.39, 0.29) is 5.97 Å². The Morgan fingerprint density at radius 1 is 1.46 bits per heavy atom. The van der Waals surface area contributed by atoms with E-state index in [0.29, 0.717) is 16.8 Å². The van der Waals surface area contributed by atoms with Gasteiger partial charge in [-0.1, -0.05) is 13.8 Å². The summed E-state index contributed by atoms with van der Waals surface area (Å²) in [7, 11) is 1.42. The molecule has 1 aliphatic heterocycles. The first-order chi connectivity index (χ1) is 11.6. The number of nitrogens with zero attached hydrogens (tertiary/aromatic N) is 4. The number of likely N-dealkylation sites (tertiary alicyclic amines) is 1. The molecule has 2 aromatic rings. The molecule has 0 N–H and O–H groups in total. The van der Waals surface area contributed by atoms with Crippen molar-refractivity contribution in [3.05, 3.63) is 34.0 Å². The first-order valence-electron chi connectivity index (χ1n) is 8.37. The number of ether oxygens (including phenoxy) is 1. The Kier molecular flexibility index (Phi) is 5.30. The fourth-order valence-electron chi connectivity index (χ4n) is 3.24. The van der Waals surface area contributed by atoms with Crippen molar-refractivity contribution in [2.75, 3.05) is 13.7 Å². The Labute approximate surface area is 146 Å². The summed E-state index contributed by atoms with van der Waals surface area (Å²) in [6.45, 7) is 7.23. The fraction of sp³-hybridized carbons (Fsp3) is 0.588. The van der Waals surface area contributed by atoms with Crippen LogP contribution in [-0.2, 0) is 17.8 Å². The Bertz CT molecular complexity index is 694. The van der Waals surface area contributed by atoms with Crippen LogP contribution >= 0.6 is 11.3 Å². The molecular weight excluding hydrogens is 324 g/mol. The van der Waals surface area contributed by atoms with Crippen LogP contribution in [0.15, 0.2) is 18.5 Å². The van der Waals surface area contributed by atoms with Crippen molar-refractivity contribution in [3.8, 4) is 0 Å². The van der Waals surface area contributed by atoms with Gasteiger partial charge in [0.2, 0.25) is 0 Å². The van der Waals surface area contributed by atoms with E-state index < -0.39 is 0 Å². The maximum atomic E-state index is 11.6. The van der Waals surface area contributed by atoms with Gasteiger partial charge in [0.25, 0.3) is 0 Å². The zero-order chi connectivity index (χ0) is 17.1. The van der Waals surface area contributed by atoms with E-state index >= 15 is 0 Å². The topological polar surface area (TPSA) is 60.2 Å². The molecule has 0 amide bonds. The van der Waals surface area contributed by atoms with Crippen molar-refractivity contribution in [1.29, 1.82) is 0 Å². The lowest BCUT2D eigenvalue weighted by atomic mass is 10.2. The highest BCUT2D eigenvalue weighted by molar-refractivity contribution is 7.13. The van der Waals surface area contributed by atoms with Gasteiger partial charge in [0.1, 0.15) is 17.0 Å². The number of methoxy groups -OCH3 is 1. The minimum atomic E-state index is -0.263. The van der Waals surface area contributed by atoms with Gasteiger partial charge in [-0.3, -0.25) is 4.90 Å². The van der Waals surface area contributed by atoms with Crippen LogP contribution < -0.4 is 0 Å². The van der Waals surface area contributed by atoms with Crippen LogP contribution in [0, 0.1) is 5.92 Å². The van der Waals surface area contributed by atoms with Gasteiger partial charge in [-0.25, -0.2) is 4.79 Å². The molecule has 130 valence electrons. The minimum absolute atomic E-state index is 0.263. The first kappa shape index (κ1) is 17.1. The average molecular weight is 348 g/mol. The second kappa shape index (κ2) is 7.44. The van der Waals surface area contributed by atoms with E-state index in [9.17, 15) is 4.79 Å². The van der Waals surface area contributed by atoms with Crippen molar-refractivity contribution in [2.24, 2.45) is 5.92 Å². The first-order valence-corrected chi connectivity index (χ1v) is 9.19. The highest BCUT2D eigenvalue weighted by Gasteiger charge is 2.30. The maximum absolute atomic E-state index is 11.6. The SMILES string of the molecule is COC(=O)c1ccc(CN2CCC[C@H]2c2nncn2CC(C)C)s1. The van der Waals surface area contributed by atoms with Crippen LogP contribution in [-0.4, -0.2) is 39.3 Å². The summed E-state index contributed by atoms with van der Waals surface area (Å²) in [5.74, 6) is 1.36. The standard InChI is InChI=1S/C17H24N4O2S/c1-12(2)9-21-11-18-19-16(21)14-5-4-8-20(14)10-13-6-7-15(24-13)17(22)23-3/h6-7,11-12,14H,4-5,8-10H2,1-3H3/t14-/m0/s1. The zero-order valence-corrected chi connectivity index (χ0v) is 15.3. The third kappa shape index (κ3) is 3.67. The lowest BCUT2D eigenvalue weighted by Gasteiger charge is -2.24. The second-order valence-electron chi connectivity index (χ2n) is 6.62. The summed E-state index contributed by atoms with van der Waals surface area (Å²) in [5.41, 5.74) is 0. The minimum Gasteiger partial charge on any atom is -0.465 e. The molecule has 0 aliphatic carbocycles. The highest BCUT2D eigenvalue weighted by Crippen LogP contribution is 2.33. The number of thiophene rings is 1. The van der Waals surface area contributed by atoms with Gasteiger partial charge in [-0.05, 0) is 37.4 Å². The molecule has 0 bridgehead atoms. The van der Waals surface area contributed by atoms with E-state index in [1.165, 1.54) is 23.3 Å². The van der Waals surface area contributed by atoms with E-state index in [1.807, 2.05) is 18.5 Å². The molecule has 24 heavy (non-hydrogen) atoms. The molecule has 7 heteroatoms. The van der Waals surface area contributed by atoms with E-state index in [4.69, 9.17) is 4.74 Å². The number of rotatable bonds is 6. The van der Waals surface area contributed by atoms with Crippen LogP contribution in [0.5, 0.6) is 0 Å². The average Bonchev–Trinajstić information content (AvgIpc) is 3.27. The molecule has 3 heterocycles. The Morgan fingerprint density at radius 2 is 2.29 bits per heavy atom. The summed E-state index contributed by atoms with van der Waals surface area (Å²) in [6, 6.07) is 4.17. The molecule has 0 spiro atoms. The smallest absolute Gasteiger partial charge is 0.348 e. The van der Waals surface area contributed by atoms with Gasteiger partial charge in [-0.15, -0.1) is 21.5 Å². The van der Waals surface area contributed by atoms with Gasteiger partial charge in [-0.2, -0.15) is 0 Å². The summed E-state index contributed by atoms with van der Waals surface area (Å²) in [4.78, 5) is 15.9. The molecule has 0 saturated carbocycles. The largest absolute Gasteiger partial charge is 0.465 e. The van der Waals surface area contributed by atoms with Gasteiger partial charge in [0.05, 0.1) is 13.2 Å². The number of hydrogen-bond donors (Lipinski definition) is 0. The van der Waals surface area contributed by atoms with Crippen LogP contribution in [0.3, 0.4) is 0 Å². The van der Waals surface area contributed by atoms with Gasteiger partial charge in [0, 0.05) is 18.0 Å². The second-order valence-corrected chi connectivity index (χ2v) is 7.79. The van der Waals surface area contributed by atoms with Crippen molar-refractivity contribution in [3.63, 3.8) is 0 Å². The summed E-state index contributed by atoms with van der Waals surface area (Å²) in [5, 5.41) is 8.52. The van der Waals surface area contributed by atoms with E-state index in [1.54, 1.807) is 0 Å². The summed E-state index contributed by atoms with van der Waals surface area (Å²) < 4.78 is 6.97. The molecule has 1 fully saturated rings. The molecule has 1 saturated heterocycles. The van der Waals surface area contributed by atoms with Crippen LogP contribution in [0.4, 0.5) is 0 Å². The van der Waals surface area contributed by atoms with Crippen molar-refractivity contribution >= 4 is 17.3 Å². The summed E-state index contributed by atoms with van der Waals surface area (Å²) in [6.07, 6.45) is 4.10. The lowest BCUT2D eigenvalue weighted by molar-refractivity contribution is 0.0606. The fourth-order valence-corrected chi connectivity index (χ4v) is 4.19. The molecular formula is C17H24N4O2S. The monoisotopic (exact) mass is 348 g/mol.